The predicted octanol–water partition coefficient (Wildman–Crippen LogP) is 1.98. The van der Waals surface area contributed by atoms with Gasteiger partial charge in [-0.1, -0.05) is 19.3 Å². The molecule has 0 amide bonds. The van der Waals surface area contributed by atoms with E-state index in [1.165, 1.54) is 19.3 Å². The number of carbonyl (C=O) groups is 1. The predicted molar refractivity (Wildman–Crippen MR) is 46.7 cm³/mol. The van der Waals surface area contributed by atoms with Crippen LogP contribution >= 0.6 is 0 Å². The van der Waals surface area contributed by atoms with Gasteiger partial charge < -0.3 is 9.47 Å². The van der Waals surface area contributed by atoms with Crippen molar-refractivity contribution >= 4 is 5.97 Å². The summed E-state index contributed by atoms with van der Waals surface area (Å²) >= 11 is 0. The fourth-order valence-corrected chi connectivity index (χ4v) is 1.98. The van der Waals surface area contributed by atoms with Crippen LogP contribution in [-0.4, -0.2) is 12.3 Å². The van der Waals surface area contributed by atoms with Gasteiger partial charge >= 0.3 is 5.97 Å². The van der Waals surface area contributed by atoms with E-state index >= 15 is 0 Å². The quantitative estimate of drug-likeness (QED) is 0.459. The molecular formula is C10H14O3. The molecule has 1 saturated carbocycles. The highest BCUT2D eigenvalue weighted by Gasteiger charge is 2.35. The van der Waals surface area contributed by atoms with Crippen molar-refractivity contribution in [3.63, 3.8) is 0 Å². The highest BCUT2D eigenvalue weighted by molar-refractivity contribution is 5.87. The summed E-state index contributed by atoms with van der Waals surface area (Å²) < 4.78 is 10.3. The molecule has 1 aliphatic carbocycles. The van der Waals surface area contributed by atoms with Gasteiger partial charge in [0, 0.05) is 5.92 Å². The molecule has 13 heavy (non-hydrogen) atoms. The van der Waals surface area contributed by atoms with Crippen molar-refractivity contribution in [1.29, 1.82) is 0 Å². The van der Waals surface area contributed by atoms with E-state index in [9.17, 15) is 4.79 Å². The van der Waals surface area contributed by atoms with Gasteiger partial charge in [-0.2, -0.15) is 0 Å². The molecule has 1 atom stereocenters. The molecule has 0 aromatic heterocycles. The monoisotopic (exact) mass is 182 g/mol. The highest BCUT2D eigenvalue weighted by atomic mass is 16.7. The van der Waals surface area contributed by atoms with Gasteiger partial charge in [0.1, 0.15) is 0 Å². The fraction of sp³-hybridized carbons (Fsp3) is 0.700. The molecule has 2 aliphatic rings. The molecule has 0 bridgehead atoms. The number of esters is 1. The van der Waals surface area contributed by atoms with Gasteiger partial charge in [0.25, 0.3) is 0 Å². The number of cyclic esters (lactones) is 1. The first-order valence-electron chi connectivity index (χ1n) is 4.84. The Morgan fingerprint density at radius 2 is 1.85 bits per heavy atom. The van der Waals surface area contributed by atoms with Gasteiger partial charge in [-0.15, -0.1) is 0 Å². The highest BCUT2D eigenvalue weighted by Crippen LogP contribution is 2.32. The molecule has 72 valence electrons. The Hall–Kier alpha value is -0.990. The lowest BCUT2D eigenvalue weighted by Crippen LogP contribution is -2.23. The van der Waals surface area contributed by atoms with Crippen LogP contribution in [0.15, 0.2) is 12.3 Å². The maximum Gasteiger partial charge on any atom is 0.376 e. The van der Waals surface area contributed by atoms with Crippen LogP contribution in [0.4, 0.5) is 0 Å². The van der Waals surface area contributed by atoms with Gasteiger partial charge in [-0.25, -0.2) is 4.79 Å². The molecular weight excluding hydrogens is 168 g/mol. The Labute approximate surface area is 77.7 Å². The lowest BCUT2D eigenvalue weighted by Gasteiger charge is -2.24. The van der Waals surface area contributed by atoms with Crippen LogP contribution in [0.5, 0.6) is 0 Å². The van der Waals surface area contributed by atoms with Gasteiger partial charge in [0.15, 0.2) is 0 Å². The molecule has 0 radical (unpaired) electrons. The van der Waals surface area contributed by atoms with Crippen LogP contribution in [0, 0.1) is 5.92 Å². The maximum absolute atomic E-state index is 11.0. The van der Waals surface area contributed by atoms with Crippen molar-refractivity contribution in [3.05, 3.63) is 12.3 Å². The second-order valence-corrected chi connectivity index (χ2v) is 3.71. The van der Waals surface area contributed by atoms with E-state index < -0.39 is 5.97 Å². The smallest absolute Gasteiger partial charge is 0.376 e. The van der Waals surface area contributed by atoms with Crippen molar-refractivity contribution < 1.29 is 14.3 Å². The summed E-state index contributed by atoms with van der Waals surface area (Å²) in [5, 5.41) is 0. The van der Waals surface area contributed by atoms with Crippen molar-refractivity contribution in [1.82, 2.24) is 0 Å². The van der Waals surface area contributed by atoms with Crippen molar-refractivity contribution in [2.45, 2.75) is 38.4 Å². The van der Waals surface area contributed by atoms with Crippen LogP contribution in [-0.2, 0) is 14.3 Å². The first-order chi connectivity index (χ1) is 6.27. The van der Waals surface area contributed by atoms with Crippen molar-refractivity contribution in [2.75, 3.05) is 0 Å². The van der Waals surface area contributed by atoms with Gasteiger partial charge in [-0.3, -0.25) is 0 Å². The van der Waals surface area contributed by atoms with E-state index in [0.717, 1.165) is 12.8 Å². The minimum absolute atomic E-state index is 0.163. The third-order valence-corrected chi connectivity index (χ3v) is 2.74. The second kappa shape index (κ2) is 3.40. The molecule has 1 saturated heterocycles. The van der Waals surface area contributed by atoms with Crippen LogP contribution in [0.3, 0.4) is 0 Å². The minimum Gasteiger partial charge on any atom is -0.447 e. The Morgan fingerprint density at radius 1 is 1.15 bits per heavy atom. The average molecular weight is 182 g/mol. The molecule has 0 unspecified atom stereocenters. The summed E-state index contributed by atoms with van der Waals surface area (Å²) in [5.41, 5.74) is 0. The summed E-state index contributed by atoms with van der Waals surface area (Å²) in [6.07, 6.45) is 5.58. The minimum atomic E-state index is -0.393. The Bertz CT molecular complexity index is 212. The molecule has 0 spiro atoms. The van der Waals surface area contributed by atoms with Gasteiger partial charge in [0.2, 0.25) is 12.0 Å². The maximum atomic E-state index is 11.0. The molecule has 1 aliphatic heterocycles. The first-order valence-corrected chi connectivity index (χ1v) is 4.84. The molecule has 0 aromatic rings. The first kappa shape index (κ1) is 8.60. The summed E-state index contributed by atoms with van der Waals surface area (Å²) in [6, 6.07) is 0. The number of ether oxygens (including phenoxy) is 2. The van der Waals surface area contributed by atoms with E-state index in [-0.39, 0.29) is 12.0 Å². The summed E-state index contributed by atoms with van der Waals surface area (Å²) in [6.45, 7) is 3.48. The largest absolute Gasteiger partial charge is 0.447 e. The lowest BCUT2D eigenvalue weighted by atomic mass is 9.89. The molecule has 3 nitrogen and oxygen atoms in total. The summed E-state index contributed by atoms with van der Waals surface area (Å²) in [4.78, 5) is 11.0. The van der Waals surface area contributed by atoms with E-state index in [1.54, 1.807) is 0 Å². The normalized spacial score (nSPS) is 30.0. The molecule has 2 rings (SSSR count). The Balaban J connectivity index is 1.94. The zero-order valence-electron chi connectivity index (χ0n) is 7.62. The van der Waals surface area contributed by atoms with E-state index in [4.69, 9.17) is 9.47 Å². The molecule has 1 heterocycles. The van der Waals surface area contributed by atoms with Crippen LogP contribution in [0.25, 0.3) is 0 Å². The second-order valence-electron chi connectivity index (χ2n) is 3.71. The zero-order chi connectivity index (χ0) is 9.26. The molecule has 0 aromatic carbocycles. The van der Waals surface area contributed by atoms with E-state index in [2.05, 4.69) is 6.58 Å². The van der Waals surface area contributed by atoms with Crippen LogP contribution in [0.1, 0.15) is 32.1 Å². The number of hydrogen-bond acceptors (Lipinski definition) is 3. The Morgan fingerprint density at radius 3 is 2.38 bits per heavy atom. The number of carbonyl (C=O) groups excluding carboxylic acids is 1. The number of hydrogen-bond donors (Lipinski definition) is 0. The molecule has 0 N–H and O–H groups in total. The Kier molecular flexibility index (Phi) is 2.25. The topological polar surface area (TPSA) is 35.5 Å². The average Bonchev–Trinajstić information content (AvgIpc) is 2.49. The van der Waals surface area contributed by atoms with Crippen LogP contribution in [0.2, 0.25) is 0 Å². The standard InChI is InChI=1S/C10H14O3/c1-7-9(11)13-10(12-7)8-5-3-2-4-6-8/h8,10H,1-6H2/t10-/m1/s1. The summed E-state index contributed by atoms with van der Waals surface area (Å²) in [7, 11) is 0. The molecule has 2 fully saturated rings. The third kappa shape index (κ3) is 1.69. The zero-order valence-corrected chi connectivity index (χ0v) is 7.62. The van der Waals surface area contributed by atoms with Crippen molar-refractivity contribution in [2.24, 2.45) is 5.92 Å². The SMILES string of the molecule is C=C1O[C@@H](C2CCCCC2)OC1=O. The van der Waals surface area contributed by atoms with Gasteiger partial charge in [-0.05, 0) is 19.4 Å². The van der Waals surface area contributed by atoms with Gasteiger partial charge in [0.05, 0.1) is 0 Å². The lowest BCUT2D eigenvalue weighted by molar-refractivity contribution is -0.149. The van der Waals surface area contributed by atoms with Crippen LogP contribution < -0.4 is 0 Å². The van der Waals surface area contributed by atoms with Crippen molar-refractivity contribution in [3.8, 4) is 0 Å². The summed E-state index contributed by atoms with van der Waals surface area (Å²) in [5.74, 6) is 0.156. The third-order valence-electron chi connectivity index (χ3n) is 2.74. The number of rotatable bonds is 1. The fourth-order valence-electron chi connectivity index (χ4n) is 1.98. The van der Waals surface area contributed by atoms with E-state index in [1.807, 2.05) is 0 Å². The van der Waals surface area contributed by atoms with E-state index in [0.29, 0.717) is 5.92 Å². The molecule has 3 heteroatoms.